The number of ether oxygens (including phenoxy) is 1. The van der Waals surface area contributed by atoms with Crippen LogP contribution in [0.25, 0.3) is 10.8 Å². The molecule has 0 atom stereocenters. The predicted octanol–water partition coefficient (Wildman–Crippen LogP) is 1.90. The molecule has 1 N–H and O–H groups in total. The lowest BCUT2D eigenvalue weighted by Crippen LogP contribution is -2.27. The van der Waals surface area contributed by atoms with Gasteiger partial charge in [0.2, 0.25) is 0 Å². The van der Waals surface area contributed by atoms with Crippen LogP contribution in [0.1, 0.15) is 0 Å². The second kappa shape index (κ2) is 5.32. The van der Waals surface area contributed by atoms with Crippen LogP contribution in [-0.4, -0.2) is 19.6 Å². The highest BCUT2D eigenvalue weighted by atomic mass is 16.6. The Bertz CT molecular complexity index is 525. The van der Waals surface area contributed by atoms with E-state index in [2.05, 4.69) is 10.3 Å². The molecule has 88 valence electrons. The summed E-state index contributed by atoms with van der Waals surface area (Å²) in [5, 5.41) is 2.22. The summed E-state index contributed by atoms with van der Waals surface area (Å²) >= 11 is 0. The molecule has 0 aliphatic heterocycles. The highest BCUT2D eigenvalue weighted by molar-refractivity contribution is 5.84. The number of hydrogen-bond donors (Lipinski definition) is 1. The molecule has 0 aliphatic carbocycles. The summed E-state index contributed by atoms with van der Waals surface area (Å²) in [4.78, 5) is 15.6. The lowest BCUT2D eigenvalue weighted by Gasteiger charge is -2.06. The van der Waals surface area contributed by atoms with Crippen LogP contribution >= 0.6 is 0 Å². The number of carbonyl (C=O) groups is 1. The second-order valence-corrected chi connectivity index (χ2v) is 3.53. The van der Waals surface area contributed by atoms with Crippen molar-refractivity contribution in [2.75, 3.05) is 13.7 Å². The lowest BCUT2D eigenvalue weighted by molar-refractivity contribution is -0.133. The van der Waals surface area contributed by atoms with Gasteiger partial charge in [0.05, 0.1) is 7.11 Å². The van der Waals surface area contributed by atoms with Crippen molar-refractivity contribution in [1.82, 2.24) is 5.48 Å². The molecule has 0 unspecified atom stereocenters. The Labute approximate surface area is 99.1 Å². The van der Waals surface area contributed by atoms with Gasteiger partial charge in [-0.05, 0) is 22.9 Å². The van der Waals surface area contributed by atoms with Crippen molar-refractivity contribution in [2.24, 2.45) is 0 Å². The van der Waals surface area contributed by atoms with Gasteiger partial charge in [-0.15, -0.1) is 0 Å². The molecular formula is C13H13NO3. The zero-order valence-corrected chi connectivity index (χ0v) is 9.47. The number of benzene rings is 2. The normalized spacial score (nSPS) is 10.2. The first kappa shape index (κ1) is 11.4. The molecule has 0 radical (unpaired) electrons. The maximum Gasteiger partial charge on any atom is 0.281 e. The quantitative estimate of drug-likeness (QED) is 0.817. The third kappa shape index (κ3) is 2.95. The summed E-state index contributed by atoms with van der Waals surface area (Å²) in [6, 6.07) is 13.7. The molecular weight excluding hydrogens is 218 g/mol. The molecule has 0 bridgehead atoms. The molecule has 17 heavy (non-hydrogen) atoms. The van der Waals surface area contributed by atoms with Crippen LogP contribution in [-0.2, 0) is 9.63 Å². The monoisotopic (exact) mass is 231 g/mol. The highest BCUT2D eigenvalue weighted by Crippen LogP contribution is 2.20. The van der Waals surface area contributed by atoms with Gasteiger partial charge in [-0.1, -0.05) is 30.3 Å². The van der Waals surface area contributed by atoms with Crippen molar-refractivity contribution in [3.63, 3.8) is 0 Å². The molecule has 0 saturated heterocycles. The number of carbonyl (C=O) groups excluding carboxylic acids is 1. The number of hydrogen-bond acceptors (Lipinski definition) is 3. The fourth-order valence-electron chi connectivity index (χ4n) is 1.55. The van der Waals surface area contributed by atoms with Gasteiger partial charge < -0.3 is 4.74 Å². The lowest BCUT2D eigenvalue weighted by atomic mass is 10.1. The highest BCUT2D eigenvalue weighted by Gasteiger charge is 2.02. The zero-order chi connectivity index (χ0) is 12.1. The third-order valence-electron chi connectivity index (χ3n) is 2.31. The zero-order valence-electron chi connectivity index (χ0n) is 9.47. The first-order valence-electron chi connectivity index (χ1n) is 5.23. The maximum atomic E-state index is 11.1. The minimum atomic E-state index is -0.319. The van der Waals surface area contributed by atoms with E-state index < -0.39 is 0 Å². The minimum absolute atomic E-state index is 0.0633. The molecule has 2 rings (SSSR count). The Morgan fingerprint density at radius 3 is 2.71 bits per heavy atom. The van der Waals surface area contributed by atoms with Crippen molar-refractivity contribution >= 4 is 16.7 Å². The first-order chi connectivity index (χ1) is 8.29. The largest absolute Gasteiger partial charge is 0.484 e. The van der Waals surface area contributed by atoms with E-state index >= 15 is 0 Å². The van der Waals surface area contributed by atoms with Gasteiger partial charge in [0, 0.05) is 0 Å². The van der Waals surface area contributed by atoms with E-state index in [9.17, 15) is 4.79 Å². The van der Waals surface area contributed by atoms with Gasteiger partial charge in [-0.2, -0.15) is 0 Å². The van der Waals surface area contributed by atoms with Crippen molar-refractivity contribution in [3.8, 4) is 5.75 Å². The van der Waals surface area contributed by atoms with E-state index in [-0.39, 0.29) is 12.5 Å². The number of nitrogens with one attached hydrogen (secondary N) is 1. The number of rotatable bonds is 4. The smallest absolute Gasteiger partial charge is 0.281 e. The molecule has 0 saturated carbocycles. The molecule has 4 nitrogen and oxygen atoms in total. The van der Waals surface area contributed by atoms with Crippen molar-refractivity contribution in [3.05, 3.63) is 42.5 Å². The molecule has 2 aromatic carbocycles. The number of fused-ring (bicyclic) bond motifs is 1. The fourth-order valence-corrected chi connectivity index (χ4v) is 1.55. The fraction of sp³-hybridized carbons (Fsp3) is 0.154. The van der Waals surface area contributed by atoms with Gasteiger partial charge in [0.15, 0.2) is 6.61 Å². The van der Waals surface area contributed by atoms with Crippen LogP contribution in [0, 0.1) is 0 Å². The summed E-state index contributed by atoms with van der Waals surface area (Å²) in [7, 11) is 1.38. The average molecular weight is 231 g/mol. The maximum absolute atomic E-state index is 11.1. The van der Waals surface area contributed by atoms with Crippen LogP contribution < -0.4 is 10.2 Å². The summed E-state index contributed by atoms with van der Waals surface area (Å²) < 4.78 is 5.34. The van der Waals surface area contributed by atoms with Crippen LogP contribution in [0.15, 0.2) is 42.5 Å². The second-order valence-electron chi connectivity index (χ2n) is 3.53. The van der Waals surface area contributed by atoms with Gasteiger partial charge in [0.25, 0.3) is 5.91 Å². The Balaban J connectivity index is 2.06. The number of amides is 1. The molecule has 0 spiro atoms. The van der Waals surface area contributed by atoms with E-state index in [0.717, 1.165) is 10.8 Å². The molecule has 1 amide bonds. The Morgan fingerprint density at radius 1 is 1.18 bits per heavy atom. The Hall–Kier alpha value is -2.07. The van der Waals surface area contributed by atoms with E-state index in [4.69, 9.17) is 4.74 Å². The summed E-state index contributed by atoms with van der Waals surface area (Å²) in [5.41, 5.74) is 2.19. The molecule has 0 fully saturated rings. The Morgan fingerprint density at radius 2 is 1.94 bits per heavy atom. The van der Waals surface area contributed by atoms with Crippen molar-refractivity contribution in [1.29, 1.82) is 0 Å². The third-order valence-corrected chi connectivity index (χ3v) is 2.31. The Kier molecular flexibility index (Phi) is 3.57. The number of hydroxylamine groups is 1. The van der Waals surface area contributed by atoms with Crippen LogP contribution in [0.3, 0.4) is 0 Å². The minimum Gasteiger partial charge on any atom is -0.484 e. The van der Waals surface area contributed by atoms with Crippen LogP contribution in [0.2, 0.25) is 0 Å². The van der Waals surface area contributed by atoms with Crippen LogP contribution in [0.4, 0.5) is 0 Å². The average Bonchev–Trinajstić information content (AvgIpc) is 2.36. The van der Waals surface area contributed by atoms with Gasteiger partial charge in [-0.3, -0.25) is 9.63 Å². The van der Waals surface area contributed by atoms with E-state index in [0.29, 0.717) is 5.75 Å². The van der Waals surface area contributed by atoms with Gasteiger partial charge in [0.1, 0.15) is 5.75 Å². The van der Waals surface area contributed by atoms with E-state index in [1.165, 1.54) is 7.11 Å². The molecule has 0 heterocycles. The summed E-state index contributed by atoms with van der Waals surface area (Å²) in [6.07, 6.45) is 0. The summed E-state index contributed by atoms with van der Waals surface area (Å²) in [5.74, 6) is 0.343. The molecule has 4 heteroatoms. The standard InChI is InChI=1S/C13H13NO3/c1-16-14-13(15)9-17-12-7-6-10-4-2-3-5-11(10)8-12/h2-8H,9H2,1H3,(H,14,15). The van der Waals surface area contributed by atoms with Gasteiger partial charge in [-0.25, -0.2) is 5.48 Å². The van der Waals surface area contributed by atoms with Crippen LogP contribution in [0.5, 0.6) is 5.75 Å². The van der Waals surface area contributed by atoms with E-state index in [1.54, 1.807) is 0 Å². The van der Waals surface area contributed by atoms with Crippen molar-refractivity contribution < 1.29 is 14.4 Å². The molecule has 2 aromatic rings. The molecule has 0 aliphatic rings. The topological polar surface area (TPSA) is 47.6 Å². The molecule has 0 aromatic heterocycles. The summed E-state index contributed by atoms with van der Waals surface area (Å²) in [6.45, 7) is -0.0633. The van der Waals surface area contributed by atoms with Crippen molar-refractivity contribution in [2.45, 2.75) is 0 Å². The SMILES string of the molecule is CONC(=O)COc1ccc2ccccc2c1. The predicted molar refractivity (Wildman–Crippen MR) is 64.6 cm³/mol. The first-order valence-corrected chi connectivity index (χ1v) is 5.23. The van der Waals surface area contributed by atoms with Gasteiger partial charge >= 0.3 is 0 Å². The van der Waals surface area contributed by atoms with E-state index in [1.807, 2.05) is 42.5 Å².